The van der Waals surface area contributed by atoms with Crippen molar-refractivity contribution in [2.24, 2.45) is 0 Å². The van der Waals surface area contributed by atoms with Crippen LogP contribution in [0.1, 0.15) is 30.1 Å². The van der Waals surface area contributed by atoms with Crippen LogP contribution >= 0.6 is 11.6 Å². The van der Waals surface area contributed by atoms with Crippen LogP contribution in [0, 0.1) is 22.5 Å². The molecule has 1 unspecified atom stereocenters. The Morgan fingerprint density at radius 2 is 2.32 bits per heavy atom. The molecule has 0 aliphatic carbocycles. The van der Waals surface area contributed by atoms with Crippen molar-refractivity contribution in [1.29, 1.82) is 0 Å². The number of hydrogen-bond acceptors (Lipinski definition) is 3. The molecule has 0 spiro atoms. The van der Waals surface area contributed by atoms with Crippen LogP contribution < -0.4 is 5.32 Å². The third-order valence-electron chi connectivity index (χ3n) is 2.48. The molecule has 19 heavy (non-hydrogen) atoms. The highest BCUT2D eigenvalue weighted by atomic mass is 35.5. The van der Waals surface area contributed by atoms with Crippen LogP contribution in [0.15, 0.2) is 18.2 Å². The normalized spacial score (nSPS) is 11.4. The van der Waals surface area contributed by atoms with E-state index in [1.807, 2.05) is 6.92 Å². The Morgan fingerprint density at radius 3 is 2.84 bits per heavy atom. The number of nitrogens with zero attached hydrogens (tertiary/aromatic N) is 1. The number of halogens is 1. The van der Waals surface area contributed by atoms with Gasteiger partial charge in [-0.1, -0.05) is 30.9 Å². The van der Waals surface area contributed by atoms with Gasteiger partial charge in [-0.05, 0) is 18.6 Å². The van der Waals surface area contributed by atoms with Crippen molar-refractivity contribution in [2.75, 3.05) is 0 Å². The number of terminal acetylenes is 1. The second-order valence-electron chi connectivity index (χ2n) is 3.90. The largest absolute Gasteiger partial charge is 0.338 e. The highest BCUT2D eigenvalue weighted by molar-refractivity contribution is 6.31. The maximum Gasteiger partial charge on any atom is 0.283 e. The topological polar surface area (TPSA) is 72.2 Å². The Bertz CT molecular complexity index is 537. The third kappa shape index (κ3) is 3.97. The van der Waals surface area contributed by atoms with Gasteiger partial charge >= 0.3 is 0 Å². The zero-order valence-electron chi connectivity index (χ0n) is 10.4. The Hall–Kier alpha value is -2.06. The van der Waals surface area contributed by atoms with E-state index in [9.17, 15) is 14.9 Å². The standard InChI is InChI=1S/C13H13ClN2O3/c1-3-5-10(4-2)15-13(17)11-7-6-9(14)8-12(11)16(18)19/h2,6-8,10H,3,5H2,1H3,(H,15,17). The molecule has 1 aromatic carbocycles. The highest BCUT2D eigenvalue weighted by Crippen LogP contribution is 2.23. The molecule has 0 radical (unpaired) electrons. The van der Waals surface area contributed by atoms with Crippen molar-refractivity contribution >= 4 is 23.2 Å². The summed E-state index contributed by atoms with van der Waals surface area (Å²) in [6.45, 7) is 1.93. The molecule has 0 aliphatic rings. The molecular formula is C13H13ClN2O3. The quantitative estimate of drug-likeness (QED) is 0.512. The first-order chi connectivity index (χ1) is 8.99. The zero-order chi connectivity index (χ0) is 14.4. The monoisotopic (exact) mass is 280 g/mol. The van der Waals surface area contributed by atoms with E-state index in [-0.39, 0.29) is 16.3 Å². The lowest BCUT2D eigenvalue weighted by atomic mass is 10.1. The van der Waals surface area contributed by atoms with E-state index in [1.165, 1.54) is 12.1 Å². The lowest BCUT2D eigenvalue weighted by molar-refractivity contribution is -0.385. The van der Waals surface area contributed by atoms with Crippen molar-refractivity contribution in [1.82, 2.24) is 5.32 Å². The molecule has 0 saturated heterocycles. The lowest BCUT2D eigenvalue weighted by Gasteiger charge is -2.12. The Kier molecular flexibility index (Phi) is 5.34. The molecule has 0 aromatic heterocycles. The van der Waals surface area contributed by atoms with Gasteiger partial charge in [0.1, 0.15) is 5.56 Å². The van der Waals surface area contributed by atoms with Crippen LogP contribution in [0.2, 0.25) is 5.02 Å². The SMILES string of the molecule is C#CC(CCC)NC(=O)c1ccc(Cl)cc1[N+](=O)[O-]. The predicted octanol–water partition coefficient (Wildman–Crippen LogP) is 2.78. The van der Waals surface area contributed by atoms with Crippen molar-refractivity contribution < 1.29 is 9.72 Å². The molecule has 0 aliphatic heterocycles. The summed E-state index contributed by atoms with van der Waals surface area (Å²) in [5, 5.41) is 13.7. The van der Waals surface area contributed by atoms with E-state index >= 15 is 0 Å². The van der Waals surface area contributed by atoms with Gasteiger partial charge in [-0.15, -0.1) is 6.42 Å². The summed E-state index contributed by atoms with van der Waals surface area (Å²) in [5.74, 6) is 1.87. The van der Waals surface area contributed by atoms with E-state index in [1.54, 1.807) is 0 Å². The number of nitrogens with one attached hydrogen (secondary N) is 1. The van der Waals surface area contributed by atoms with Gasteiger partial charge in [0.2, 0.25) is 0 Å². The fraction of sp³-hybridized carbons (Fsp3) is 0.308. The molecule has 1 amide bonds. The summed E-state index contributed by atoms with van der Waals surface area (Å²) in [6.07, 6.45) is 6.71. The van der Waals surface area contributed by atoms with Crippen molar-refractivity contribution in [2.45, 2.75) is 25.8 Å². The third-order valence-corrected chi connectivity index (χ3v) is 2.72. The van der Waals surface area contributed by atoms with Crippen molar-refractivity contribution in [3.8, 4) is 12.3 Å². The molecule has 0 bridgehead atoms. The first-order valence-electron chi connectivity index (χ1n) is 5.70. The molecule has 0 fully saturated rings. The molecule has 6 heteroatoms. The number of rotatable bonds is 5. The summed E-state index contributed by atoms with van der Waals surface area (Å²) < 4.78 is 0. The molecule has 1 atom stereocenters. The van der Waals surface area contributed by atoms with Crippen LogP contribution in [-0.2, 0) is 0 Å². The molecule has 1 rings (SSSR count). The minimum atomic E-state index is -0.647. The predicted molar refractivity (Wildman–Crippen MR) is 73.1 cm³/mol. The minimum absolute atomic E-state index is 0.0502. The van der Waals surface area contributed by atoms with Crippen molar-refractivity contribution in [3.63, 3.8) is 0 Å². The average molecular weight is 281 g/mol. The Labute approximate surface area is 116 Å². The maximum absolute atomic E-state index is 12.0. The van der Waals surface area contributed by atoms with Crippen LogP contribution in [0.3, 0.4) is 0 Å². The van der Waals surface area contributed by atoms with E-state index in [4.69, 9.17) is 18.0 Å². The first-order valence-corrected chi connectivity index (χ1v) is 6.08. The second kappa shape index (κ2) is 6.76. The highest BCUT2D eigenvalue weighted by Gasteiger charge is 2.21. The summed E-state index contributed by atoms with van der Waals surface area (Å²) in [5.41, 5.74) is -0.386. The molecule has 100 valence electrons. The van der Waals surface area contributed by atoms with Crippen molar-refractivity contribution in [3.05, 3.63) is 38.9 Å². The second-order valence-corrected chi connectivity index (χ2v) is 4.34. The molecule has 5 nitrogen and oxygen atoms in total. The maximum atomic E-state index is 12.0. The molecule has 0 saturated carbocycles. The van der Waals surface area contributed by atoms with E-state index in [0.717, 1.165) is 12.5 Å². The minimum Gasteiger partial charge on any atom is -0.338 e. The number of hydrogen-bond donors (Lipinski definition) is 1. The average Bonchev–Trinajstić information content (AvgIpc) is 2.37. The van der Waals surface area contributed by atoms with Gasteiger partial charge in [0.05, 0.1) is 11.0 Å². The number of nitro groups is 1. The summed E-state index contributed by atoms with van der Waals surface area (Å²) in [7, 11) is 0. The van der Waals surface area contributed by atoms with Gasteiger partial charge in [0.15, 0.2) is 0 Å². The molecule has 1 aromatic rings. The van der Waals surface area contributed by atoms with Gasteiger partial charge < -0.3 is 5.32 Å². The Morgan fingerprint density at radius 1 is 1.63 bits per heavy atom. The first kappa shape index (κ1) is 15.0. The van der Waals surface area contributed by atoms with E-state index < -0.39 is 16.9 Å². The molecule has 0 heterocycles. The van der Waals surface area contributed by atoms with Gasteiger partial charge in [-0.3, -0.25) is 14.9 Å². The van der Waals surface area contributed by atoms with Crippen LogP contribution in [0.25, 0.3) is 0 Å². The van der Waals surface area contributed by atoms with Gasteiger partial charge in [0, 0.05) is 11.1 Å². The van der Waals surface area contributed by atoms with E-state index in [0.29, 0.717) is 6.42 Å². The van der Waals surface area contributed by atoms with Crippen LogP contribution in [0.4, 0.5) is 5.69 Å². The van der Waals surface area contributed by atoms with Crippen LogP contribution in [-0.4, -0.2) is 16.9 Å². The van der Waals surface area contributed by atoms with Gasteiger partial charge in [-0.2, -0.15) is 0 Å². The molecule has 1 N–H and O–H groups in total. The van der Waals surface area contributed by atoms with Gasteiger partial charge in [0.25, 0.3) is 11.6 Å². The number of carbonyl (C=O) groups is 1. The number of carbonyl (C=O) groups excluding carboxylic acids is 1. The fourth-order valence-corrected chi connectivity index (χ4v) is 1.74. The number of nitro benzene ring substituents is 1. The van der Waals surface area contributed by atoms with Crippen LogP contribution in [0.5, 0.6) is 0 Å². The summed E-state index contributed by atoms with van der Waals surface area (Å²) >= 11 is 5.68. The summed E-state index contributed by atoms with van der Waals surface area (Å²) in [6, 6.07) is 3.44. The number of benzene rings is 1. The molecular weight excluding hydrogens is 268 g/mol. The smallest absolute Gasteiger partial charge is 0.283 e. The zero-order valence-corrected chi connectivity index (χ0v) is 11.1. The lowest BCUT2D eigenvalue weighted by Crippen LogP contribution is -2.33. The van der Waals surface area contributed by atoms with E-state index in [2.05, 4.69) is 11.2 Å². The Balaban J connectivity index is 3.00. The fourth-order valence-electron chi connectivity index (χ4n) is 1.57. The van der Waals surface area contributed by atoms with Gasteiger partial charge in [-0.25, -0.2) is 0 Å². The number of amides is 1. The summed E-state index contributed by atoms with van der Waals surface area (Å²) in [4.78, 5) is 22.2.